The first kappa shape index (κ1) is 14.9. The van der Waals surface area contributed by atoms with Crippen LogP contribution in [0.25, 0.3) is 0 Å². The summed E-state index contributed by atoms with van der Waals surface area (Å²) in [5.41, 5.74) is 0.0733. The first-order chi connectivity index (χ1) is 9.95. The number of nitrogens with zero attached hydrogens (tertiary/aromatic N) is 2. The van der Waals surface area contributed by atoms with Gasteiger partial charge in [-0.05, 0) is 23.8 Å². The Morgan fingerprint density at radius 1 is 1.38 bits per heavy atom. The number of hydrogen-bond acceptors (Lipinski definition) is 4. The van der Waals surface area contributed by atoms with Crippen LogP contribution in [0.3, 0.4) is 0 Å². The van der Waals surface area contributed by atoms with Crippen molar-refractivity contribution in [2.75, 3.05) is 5.32 Å². The van der Waals surface area contributed by atoms with Crippen LogP contribution in [0.2, 0.25) is 5.15 Å². The minimum Gasteiger partial charge on any atom is -0.305 e. The standard InChI is InChI=1S/C13H9ClFN3O3/c14-11-5-4-10(18(20)21)13(16-11)17-12(19)7-8-2-1-3-9(15)6-8/h1-6H,7H2,(H,16,17,19). The molecule has 1 aromatic heterocycles. The Kier molecular flexibility index (Phi) is 4.44. The largest absolute Gasteiger partial charge is 0.311 e. The van der Waals surface area contributed by atoms with Crippen molar-refractivity contribution < 1.29 is 14.1 Å². The third-order valence-corrected chi connectivity index (χ3v) is 2.76. The highest BCUT2D eigenvalue weighted by Gasteiger charge is 2.18. The number of rotatable bonds is 4. The zero-order valence-corrected chi connectivity index (χ0v) is 11.3. The van der Waals surface area contributed by atoms with E-state index in [1.807, 2.05) is 0 Å². The lowest BCUT2D eigenvalue weighted by Gasteiger charge is -2.05. The van der Waals surface area contributed by atoms with Crippen LogP contribution >= 0.6 is 11.6 Å². The first-order valence-electron chi connectivity index (χ1n) is 5.81. The van der Waals surface area contributed by atoms with Gasteiger partial charge in [-0.3, -0.25) is 14.9 Å². The molecule has 6 nitrogen and oxygen atoms in total. The molecule has 0 bridgehead atoms. The van der Waals surface area contributed by atoms with Gasteiger partial charge in [0.15, 0.2) is 0 Å². The second-order valence-electron chi connectivity index (χ2n) is 4.11. The highest BCUT2D eigenvalue weighted by atomic mass is 35.5. The van der Waals surface area contributed by atoms with Gasteiger partial charge in [-0.2, -0.15) is 0 Å². The van der Waals surface area contributed by atoms with Crippen LogP contribution in [0.15, 0.2) is 36.4 Å². The van der Waals surface area contributed by atoms with Gasteiger partial charge >= 0.3 is 5.69 Å². The molecule has 2 aromatic rings. The van der Waals surface area contributed by atoms with Crippen LogP contribution < -0.4 is 5.32 Å². The zero-order valence-electron chi connectivity index (χ0n) is 10.5. The van der Waals surface area contributed by atoms with Gasteiger partial charge in [0.1, 0.15) is 11.0 Å². The van der Waals surface area contributed by atoms with E-state index in [0.29, 0.717) is 5.56 Å². The van der Waals surface area contributed by atoms with Crippen molar-refractivity contribution in [2.24, 2.45) is 0 Å². The molecule has 8 heteroatoms. The summed E-state index contributed by atoms with van der Waals surface area (Å²) in [5.74, 6) is -1.26. The quantitative estimate of drug-likeness (QED) is 0.534. The van der Waals surface area contributed by atoms with Crippen molar-refractivity contribution in [3.05, 3.63) is 63.0 Å². The van der Waals surface area contributed by atoms with E-state index in [1.165, 1.54) is 24.3 Å². The van der Waals surface area contributed by atoms with Gasteiger partial charge in [0.05, 0.1) is 11.3 Å². The second-order valence-corrected chi connectivity index (χ2v) is 4.50. The molecule has 0 aliphatic rings. The summed E-state index contributed by atoms with van der Waals surface area (Å²) in [6.45, 7) is 0. The molecule has 0 atom stereocenters. The van der Waals surface area contributed by atoms with E-state index in [4.69, 9.17) is 11.6 Å². The maximum atomic E-state index is 13.0. The fourth-order valence-corrected chi connectivity index (χ4v) is 1.82. The Morgan fingerprint density at radius 3 is 2.81 bits per heavy atom. The summed E-state index contributed by atoms with van der Waals surface area (Å²) in [4.78, 5) is 25.7. The van der Waals surface area contributed by atoms with Crippen molar-refractivity contribution in [3.63, 3.8) is 0 Å². The Balaban J connectivity index is 2.16. The highest BCUT2D eigenvalue weighted by molar-refractivity contribution is 6.29. The molecule has 21 heavy (non-hydrogen) atoms. The average molecular weight is 310 g/mol. The van der Waals surface area contributed by atoms with Gasteiger partial charge in [0.2, 0.25) is 11.7 Å². The Hall–Kier alpha value is -2.54. The SMILES string of the molecule is O=C(Cc1cccc(F)c1)Nc1nc(Cl)ccc1[N+](=O)[O-]. The van der Waals surface area contributed by atoms with Crippen LogP contribution in [0.1, 0.15) is 5.56 Å². The molecular weight excluding hydrogens is 301 g/mol. The van der Waals surface area contributed by atoms with Gasteiger partial charge < -0.3 is 5.32 Å². The molecule has 0 saturated heterocycles. The predicted molar refractivity (Wildman–Crippen MR) is 74.6 cm³/mol. The van der Waals surface area contributed by atoms with E-state index in [1.54, 1.807) is 6.07 Å². The van der Waals surface area contributed by atoms with Crippen LogP contribution in [0.5, 0.6) is 0 Å². The molecule has 0 radical (unpaired) electrons. The fourth-order valence-electron chi connectivity index (χ4n) is 1.68. The van der Waals surface area contributed by atoms with Gasteiger partial charge in [-0.1, -0.05) is 23.7 Å². The van der Waals surface area contributed by atoms with Crippen LogP contribution in [0, 0.1) is 15.9 Å². The number of carbonyl (C=O) groups excluding carboxylic acids is 1. The highest BCUT2D eigenvalue weighted by Crippen LogP contribution is 2.24. The minimum atomic E-state index is -0.679. The molecular formula is C13H9ClFN3O3. The van der Waals surface area contributed by atoms with E-state index >= 15 is 0 Å². The molecule has 1 N–H and O–H groups in total. The topological polar surface area (TPSA) is 85.1 Å². The van der Waals surface area contributed by atoms with E-state index in [2.05, 4.69) is 10.3 Å². The van der Waals surface area contributed by atoms with Crippen LogP contribution in [0.4, 0.5) is 15.9 Å². The third kappa shape index (κ3) is 3.96. The number of amides is 1. The lowest BCUT2D eigenvalue weighted by Crippen LogP contribution is -2.16. The lowest BCUT2D eigenvalue weighted by molar-refractivity contribution is -0.384. The molecule has 0 saturated carbocycles. The maximum Gasteiger partial charge on any atom is 0.311 e. The Morgan fingerprint density at radius 2 is 2.14 bits per heavy atom. The van der Waals surface area contributed by atoms with E-state index in [0.717, 1.165) is 6.07 Å². The fraction of sp³-hybridized carbons (Fsp3) is 0.0769. The average Bonchev–Trinajstić information content (AvgIpc) is 2.38. The van der Waals surface area contributed by atoms with Gasteiger partial charge in [-0.25, -0.2) is 9.37 Å². The molecule has 0 spiro atoms. The van der Waals surface area contributed by atoms with Crippen LogP contribution in [-0.4, -0.2) is 15.8 Å². The number of hydrogen-bond donors (Lipinski definition) is 1. The number of nitrogens with one attached hydrogen (secondary N) is 1. The summed E-state index contributed by atoms with van der Waals surface area (Å²) in [6, 6.07) is 7.90. The molecule has 0 aliphatic heterocycles. The first-order valence-corrected chi connectivity index (χ1v) is 6.19. The van der Waals surface area contributed by atoms with Crippen molar-refractivity contribution in [2.45, 2.75) is 6.42 Å². The maximum absolute atomic E-state index is 13.0. The molecule has 2 rings (SSSR count). The van der Waals surface area contributed by atoms with Gasteiger partial charge in [-0.15, -0.1) is 0 Å². The predicted octanol–water partition coefficient (Wildman–Crippen LogP) is 2.96. The summed E-state index contributed by atoms with van der Waals surface area (Å²) in [6.07, 6.45) is -0.136. The van der Waals surface area contributed by atoms with E-state index in [9.17, 15) is 19.3 Å². The lowest BCUT2D eigenvalue weighted by atomic mass is 10.1. The normalized spacial score (nSPS) is 10.2. The summed E-state index contributed by atoms with van der Waals surface area (Å²) >= 11 is 5.65. The Bertz CT molecular complexity index is 709. The number of pyridine rings is 1. The van der Waals surface area contributed by atoms with Crippen LogP contribution in [-0.2, 0) is 11.2 Å². The second kappa shape index (κ2) is 6.27. The van der Waals surface area contributed by atoms with Gasteiger partial charge in [0, 0.05) is 6.07 Å². The number of halogens is 2. The van der Waals surface area contributed by atoms with E-state index < -0.39 is 16.6 Å². The smallest absolute Gasteiger partial charge is 0.305 e. The van der Waals surface area contributed by atoms with Crippen molar-refractivity contribution in [3.8, 4) is 0 Å². The molecule has 108 valence electrons. The van der Waals surface area contributed by atoms with E-state index in [-0.39, 0.29) is 23.1 Å². The number of benzene rings is 1. The number of aromatic nitrogens is 1. The molecule has 1 amide bonds. The summed E-state index contributed by atoms with van der Waals surface area (Å²) in [7, 11) is 0. The summed E-state index contributed by atoms with van der Waals surface area (Å²) < 4.78 is 13.0. The minimum absolute atomic E-state index is 0.0154. The molecule has 1 aromatic carbocycles. The molecule has 0 unspecified atom stereocenters. The zero-order chi connectivity index (χ0) is 15.4. The summed E-state index contributed by atoms with van der Waals surface area (Å²) in [5, 5.41) is 13.2. The number of nitro groups is 1. The molecule has 0 aliphatic carbocycles. The monoisotopic (exact) mass is 309 g/mol. The number of anilines is 1. The van der Waals surface area contributed by atoms with Crippen molar-refractivity contribution >= 4 is 29.0 Å². The molecule has 0 fully saturated rings. The van der Waals surface area contributed by atoms with Gasteiger partial charge in [0.25, 0.3) is 0 Å². The molecule has 1 heterocycles. The third-order valence-electron chi connectivity index (χ3n) is 2.55. The van der Waals surface area contributed by atoms with Crippen molar-refractivity contribution in [1.82, 2.24) is 4.98 Å². The van der Waals surface area contributed by atoms with Crippen molar-refractivity contribution in [1.29, 1.82) is 0 Å². The Labute approximate surface area is 123 Å². The number of carbonyl (C=O) groups is 1.